The first kappa shape index (κ1) is 17.2. The van der Waals surface area contributed by atoms with E-state index < -0.39 is 5.60 Å². The Morgan fingerprint density at radius 3 is 2.48 bits per heavy atom. The first-order valence-electron chi connectivity index (χ1n) is 8.71. The molecule has 4 rings (SSSR count). The van der Waals surface area contributed by atoms with Gasteiger partial charge in [0.15, 0.2) is 0 Å². The van der Waals surface area contributed by atoms with Crippen LogP contribution in [-0.4, -0.2) is 27.6 Å². The van der Waals surface area contributed by atoms with Gasteiger partial charge in [0.25, 0.3) is 0 Å². The molecule has 0 radical (unpaired) electrons. The zero-order chi connectivity index (χ0) is 19.2. The summed E-state index contributed by atoms with van der Waals surface area (Å²) in [5, 5.41) is 10.2. The van der Waals surface area contributed by atoms with Gasteiger partial charge in [0.2, 0.25) is 0 Å². The molecular weight excluding hydrogens is 340 g/mol. The maximum atomic E-state index is 11.9. The van der Waals surface area contributed by atoms with E-state index in [1.54, 1.807) is 26.0 Å². The lowest BCUT2D eigenvalue weighted by Crippen LogP contribution is -2.14. The molecule has 27 heavy (non-hydrogen) atoms. The van der Waals surface area contributed by atoms with Gasteiger partial charge in [-0.1, -0.05) is 24.3 Å². The molecule has 0 aliphatic rings. The molecule has 2 heterocycles. The van der Waals surface area contributed by atoms with E-state index in [4.69, 9.17) is 9.72 Å². The lowest BCUT2D eigenvalue weighted by atomic mass is 9.96. The fraction of sp³-hybridized carbons (Fsp3) is 0.182. The van der Waals surface area contributed by atoms with Gasteiger partial charge in [-0.05, 0) is 49.7 Å². The predicted molar refractivity (Wildman–Crippen MR) is 105 cm³/mol. The number of hydrogen-bond acceptors (Lipinski definition) is 4. The summed E-state index contributed by atoms with van der Waals surface area (Å²) >= 11 is 0. The van der Waals surface area contributed by atoms with Gasteiger partial charge in [-0.15, -0.1) is 0 Å². The van der Waals surface area contributed by atoms with Gasteiger partial charge in [-0.2, -0.15) is 0 Å². The number of fused-ring (bicyclic) bond motifs is 3. The molecule has 0 fully saturated rings. The van der Waals surface area contributed by atoms with Crippen molar-refractivity contribution in [2.75, 3.05) is 7.11 Å². The average molecular weight is 360 g/mol. The lowest BCUT2D eigenvalue weighted by molar-refractivity contribution is 0.0600. The molecule has 0 saturated carbocycles. The number of carbonyl (C=O) groups is 1. The van der Waals surface area contributed by atoms with Gasteiger partial charge in [0, 0.05) is 11.8 Å². The number of aliphatic hydroxyl groups is 1. The van der Waals surface area contributed by atoms with Crippen molar-refractivity contribution in [2.45, 2.75) is 19.4 Å². The Morgan fingerprint density at radius 2 is 1.81 bits per heavy atom. The van der Waals surface area contributed by atoms with Crippen LogP contribution >= 0.6 is 0 Å². The van der Waals surface area contributed by atoms with Crippen molar-refractivity contribution in [2.24, 2.45) is 0 Å². The minimum absolute atomic E-state index is 0.387. The van der Waals surface area contributed by atoms with E-state index in [1.165, 1.54) is 7.11 Å². The van der Waals surface area contributed by atoms with Gasteiger partial charge in [-0.3, -0.25) is 0 Å². The number of methoxy groups -OCH3 is 1. The van der Waals surface area contributed by atoms with Crippen LogP contribution in [0, 0.1) is 0 Å². The number of benzene rings is 2. The molecule has 5 nitrogen and oxygen atoms in total. The van der Waals surface area contributed by atoms with Crippen molar-refractivity contribution in [3.63, 3.8) is 0 Å². The Hall–Kier alpha value is -3.18. The van der Waals surface area contributed by atoms with Crippen LogP contribution in [-0.2, 0) is 10.3 Å². The van der Waals surface area contributed by atoms with Crippen LogP contribution in [0.15, 0.2) is 60.8 Å². The molecule has 1 N–H and O–H groups in total. The molecule has 4 aromatic rings. The minimum Gasteiger partial charge on any atom is -0.465 e. The number of rotatable bonds is 3. The fourth-order valence-electron chi connectivity index (χ4n) is 3.27. The van der Waals surface area contributed by atoms with E-state index in [1.807, 2.05) is 48.7 Å². The summed E-state index contributed by atoms with van der Waals surface area (Å²) in [6, 6.07) is 17.1. The van der Waals surface area contributed by atoms with Crippen LogP contribution < -0.4 is 0 Å². The molecule has 0 unspecified atom stereocenters. The first-order valence-corrected chi connectivity index (χ1v) is 8.71. The third kappa shape index (κ3) is 2.96. The van der Waals surface area contributed by atoms with Crippen LogP contribution in [0.3, 0.4) is 0 Å². The van der Waals surface area contributed by atoms with Crippen LogP contribution in [0.5, 0.6) is 0 Å². The van der Waals surface area contributed by atoms with Gasteiger partial charge >= 0.3 is 5.97 Å². The Morgan fingerprint density at radius 1 is 1.07 bits per heavy atom. The maximum Gasteiger partial charge on any atom is 0.337 e. The monoisotopic (exact) mass is 360 g/mol. The van der Waals surface area contributed by atoms with Crippen molar-refractivity contribution in [1.29, 1.82) is 0 Å². The zero-order valence-corrected chi connectivity index (χ0v) is 15.4. The molecule has 0 bridgehead atoms. The second kappa shape index (κ2) is 6.21. The van der Waals surface area contributed by atoms with E-state index in [0.29, 0.717) is 11.1 Å². The van der Waals surface area contributed by atoms with E-state index >= 15 is 0 Å². The number of carbonyl (C=O) groups excluding carboxylic acids is 1. The number of aromatic nitrogens is 2. The Labute approximate surface area is 156 Å². The summed E-state index contributed by atoms with van der Waals surface area (Å²) < 4.78 is 6.88. The highest BCUT2D eigenvalue weighted by Gasteiger charge is 2.17. The summed E-state index contributed by atoms with van der Waals surface area (Å²) in [7, 11) is 1.37. The highest BCUT2D eigenvalue weighted by Crippen LogP contribution is 2.29. The minimum atomic E-state index is -0.894. The molecule has 0 aliphatic carbocycles. The Balaban J connectivity index is 1.93. The van der Waals surface area contributed by atoms with Gasteiger partial charge in [-0.25, -0.2) is 9.78 Å². The first-order chi connectivity index (χ1) is 12.9. The molecular formula is C22H20N2O3. The highest BCUT2D eigenvalue weighted by molar-refractivity contribution is 5.95. The lowest BCUT2D eigenvalue weighted by Gasteiger charge is -2.18. The van der Waals surface area contributed by atoms with Crippen molar-refractivity contribution < 1.29 is 14.6 Å². The molecule has 0 atom stereocenters. The average Bonchev–Trinajstić information content (AvgIpc) is 3.15. The third-order valence-electron chi connectivity index (χ3n) is 4.74. The number of esters is 1. The highest BCUT2D eigenvalue weighted by atomic mass is 16.5. The van der Waals surface area contributed by atoms with Crippen molar-refractivity contribution >= 4 is 22.5 Å². The molecule has 0 amide bonds. The Bertz CT molecular complexity index is 1150. The van der Waals surface area contributed by atoms with E-state index in [-0.39, 0.29) is 5.97 Å². The summed E-state index contributed by atoms with van der Waals surface area (Å²) in [6.45, 7) is 3.52. The normalized spacial score (nSPS) is 11.9. The molecule has 136 valence electrons. The number of hydrogen-bond donors (Lipinski definition) is 1. The van der Waals surface area contributed by atoms with Crippen LogP contribution in [0.1, 0.15) is 29.8 Å². The topological polar surface area (TPSA) is 63.8 Å². The Kier molecular flexibility index (Phi) is 3.97. The third-order valence-corrected chi connectivity index (χ3v) is 4.74. The summed E-state index contributed by atoms with van der Waals surface area (Å²) in [6.07, 6.45) is 1.98. The van der Waals surface area contributed by atoms with Crippen molar-refractivity contribution in [3.8, 4) is 11.3 Å². The van der Waals surface area contributed by atoms with Crippen LogP contribution in [0.2, 0.25) is 0 Å². The van der Waals surface area contributed by atoms with E-state index in [9.17, 15) is 9.90 Å². The number of ether oxygens (including phenoxy) is 1. The standard InChI is InChI=1S/C22H20N2O3/c1-22(2,26)16-9-6-14(7-10-16)20-19-5-4-12-24(19)18-11-8-15(21(25)27-3)13-17(18)23-20/h4-13,26H,1-3H3. The van der Waals surface area contributed by atoms with Crippen molar-refractivity contribution in [1.82, 2.24) is 9.38 Å². The summed E-state index contributed by atoms with van der Waals surface area (Å²) in [4.78, 5) is 16.7. The molecule has 2 aromatic carbocycles. The predicted octanol–water partition coefficient (Wildman–Crippen LogP) is 4.17. The zero-order valence-electron chi connectivity index (χ0n) is 15.4. The molecule has 0 saturated heterocycles. The number of nitrogens with zero attached hydrogens (tertiary/aromatic N) is 2. The fourth-order valence-corrected chi connectivity index (χ4v) is 3.27. The summed E-state index contributed by atoms with van der Waals surface area (Å²) in [5.41, 5.74) is 4.77. The molecule has 5 heteroatoms. The van der Waals surface area contributed by atoms with Gasteiger partial charge in [0.1, 0.15) is 0 Å². The largest absolute Gasteiger partial charge is 0.465 e. The van der Waals surface area contributed by atoms with Crippen molar-refractivity contribution in [3.05, 3.63) is 71.9 Å². The molecule has 0 aliphatic heterocycles. The summed E-state index contributed by atoms with van der Waals surface area (Å²) in [5.74, 6) is -0.387. The van der Waals surface area contributed by atoms with Gasteiger partial charge in [0.05, 0.1) is 40.5 Å². The molecule has 2 aromatic heterocycles. The van der Waals surface area contributed by atoms with Crippen LogP contribution in [0.25, 0.3) is 27.8 Å². The molecule has 0 spiro atoms. The second-order valence-corrected chi connectivity index (χ2v) is 7.06. The second-order valence-electron chi connectivity index (χ2n) is 7.06. The SMILES string of the molecule is COC(=O)c1ccc2c(c1)nc(-c1ccc(C(C)(C)O)cc1)c1cccn12. The maximum absolute atomic E-state index is 11.9. The quantitative estimate of drug-likeness (QED) is 0.557. The van der Waals surface area contributed by atoms with Crippen LogP contribution in [0.4, 0.5) is 0 Å². The van der Waals surface area contributed by atoms with Gasteiger partial charge < -0.3 is 14.2 Å². The van der Waals surface area contributed by atoms with E-state index in [2.05, 4.69) is 4.40 Å². The smallest absolute Gasteiger partial charge is 0.337 e. The van der Waals surface area contributed by atoms with E-state index in [0.717, 1.165) is 27.9 Å².